The molecule has 4 N–H and O–H groups in total. The summed E-state index contributed by atoms with van der Waals surface area (Å²) >= 11 is 0. The smallest absolute Gasteiger partial charge is 0.334 e. The Bertz CT molecular complexity index is 707. The zero-order valence-electron chi connectivity index (χ0n) is 12.6. The van der Waals surface area contributed by atoms with E-state index in [1.165, 1.54) is 18.2 Å². The molecule has 1 aromatic carbocycles. The average Bonchev–Trinajstić information content (AvgIpc) is 2.80. The van der Waals surface area contributed by atoms with Gasteiger partial charge in [-0.05, 0) is 24.6 Å². The normalized spacial score (nSPS) is 16.3. The van der Waals surface area contributed by atoms with Crippen molar-refractivity contribution in [2.75, 3.05) is 6.54 Å². The maximum atomic E-state index is 12.6. The standard InChI is InChI=1S/C16H16N2O6/c17-9-3-7-16(15(23)24,8-6-12(19)20)18-13(21)10-4-1-2-5-11(10)14(18)22/h1-5,7H,6,8-9,17H2,(H,19,20)(H,23,24)/t16-/m1/s1. The van der Waals surface area contributed by atoms with E-state index in [9.17, 15) is 24.3 Å². The highest BCUT2D eigenvalue weighted by molar-refractivity contribution is 6.23. The van der Waals surface area contributed by atoms with Crippen LogP contribution in [0, 0.1) is 0 Å². The lowest BCUT2D eigenvalue weighted by Crippen LogP contribution is -2.56. The molecule has 24 heavy (non-hydrogen) atoms. The van der Waals surface area contributed by atoms with E-state index >= 15 is 0 Å². The fourth-order valence-electron chi connectivity index (χ4n) is 2.66. The Kier molecular flexibility index (Phi) is 4.79. The second kappa shape index (κ2) is 6.63. The summed E-state index contributed by atoms with van der Waals surface area (Å²) in [4.78, 5) is 48.6. The Labute approximate surface area is 137 Å². The molecule has 0 spiro atoms. The largest absolute Gasteiger partial charge is 0.481 e. The molecule has 8 nitrogen and oxygen atoms in total. The number of carboxylic acid groups (broad SMARTS) is 2. The van der Waals surface area contributed by atoms with Crippen molar-refractivity contribution in [2.45, 2.75) is 18.4 Å². The number of hydrogen-bond donors (Lipinski definition) is 3. The van der Waals surface area contributed by atoms with E-state index in [0.717, 1.165) is 6.08 Å². The number of carboxylic acids is 2. The molecule has 8 heteroatoms. The van der Waals surface area contributed by atoms with E-state index in [4.69, 9.17) is 10.8 Å². The van der Waals surface area contributed by atoms with Crippen LogP contribution < -0.4 is 5.73 Å². The molecule has 1 heterocycles. The van der Waals surface area contributed by atoms with Gasteiger partial charge in [0.2, 0.25) is 0 Å². The number of nitrogens with zero attached hydrogens (tertiary/aromatic N) is 1. The second-order valence-corrected chi connectivity index (χ2v) is 5.25. The van der Waals surface area contributed by atoms with E-state index in [-0.39, 0.29) is 17.7 Å². The SMILES string of the molecule is NCC=C[C@@](CCC(=O)O)(C(=O)O)N1C(=O)c2ccccc2C1=O. The Morgan fingerprint density at radius 1 is 1.12 bits per heavy atom. The van der Waals surface area contributed by atoms with Crippen molar-refractivity contribution in [3.05, 3.63) is 47.5 Å². The van der Waals surface area contributed by atoms with Crippen LogP contribution in [0.15, 0.2) is 36.4 Å². The van der Waals surface area contributed by atoms with Crippen molar-refractivity contribution in [1.29, 1.82) is 0 Å². The van der Waals surface area contributed by atoms with Crippen molar-refractivity contribution in [1.82, 2.24) is 4.90 Å². The van der Waals surface area contributed by atoms with Gasteiger partial charge >= 0.3 is 11.9 Å². The summed E-state index contributed by atoms with van der Waals surface area (Å²) in [5, 5.41) is 18.6. The number of amides is 2. The molecule has 0 bridgehead atoms. The number of fused-ring (bicyclic) bond motifs is 1. The fraction of sp³-hybridized carbons (Fsp3) is 0.250. The molecule has 1 aliphatic heterocycles. The summed E-state index contributed by atoms with van der Waals surface area (Å²) in [6, 6.07) is 5.96. The quantitative estimate of drug-likeness (QED) is 0.488. The summed E-state index contributed by atoms with van der Waals surface area (Å²) in [5.41, 5.74) is 3.43. The molecule has 126 valence electrons. The third kappa shape index (κ3) is 2.79. The second-order valence-electron chi connectivity index (χ2n) is 5.25. The molecule has 0 saturated carbocycles. The molecule has 0 saturated heterocycles. The van der Waals surface area contributed by atoms with Crippen LogP contribution in [0.5, 0.6) is 0 Å². The van der Waals surface area contributed by atoms with Crippen LogP contribution in [0.2, 0.25) is 0 Å². The lowest BCUT2D eigenvalue weighted by Gasteiger charge is -2.34. The molecule has 2 rings (SSSR count). The van der Waals surface area contributed by atoms with Crippen molar-refractivity contribution < 1.29 is 29.4 Å². The van der Waals surface area contributed by atoms with Crippen LogP contribution in [0.1, 0.15) is 33.6 Å². The summed E-state index contributed by atoms with van der Waals surface area (Å²) < 4.78 is 0. The van der Waals surface area contributed by atoms with Gasteiger partial charge in [-0.25, -0.2) is 4.79 Å². The first kappa shape index (κ1) is 17.4. The number of aliphatic carboxylic acids is 2. The molecule has 1 atom stereocenters. The monoisotopic (exact) mass is 332 g/mol. The number of imide groups is 1. The van der Waals surface area contributed by atoms with Gasteiger partial charge in [-0.1, -0.05) is 18.2 Å². The number of rotatable bonds is 7. The van der Waals surface area contributed by atoms with E-state index in [2.05, 4.69) is 0 Å². The van der Waals surface area contributed by atoms with Crippen molar-refractivity contribution in [2.24, 2.45) is 5.73 Å². The maximum Gasteiger partial charge on any atom is 0.334 e. The fourth-order valence-corrected chi connectivity index (χ4v) is 2.66. The highest BCUT2D eigenvalue weighted by Gasteiger charge is 2.52. The Balaban J connectivity index is 2.57. The first-order valence-electron chi connectivity index (χ1n) is 7.16. The van der Waals surface area contributed by atoms with Crippen LogP contribution in [-0.2, 0) is 9.59 Å². The van der Waals surface area contributed by atoms with Crippen LogP contribution in [-0.4, -0.2) is 50.9 Å². The molecular formula is C16H16N2O6. The van der Waals surface area contributed by atoms with Crippen LogP contribution >= 0.6 is 0 Å². The molecule has 0 radical (unpaired) electrons. The van der Waals surface area contributed by atoms with Gasteiger partial charge < -0.3 is 15.9 Å². The zero-order chi connectivity index (χ0) is 17.9. The van der Waals surface area contributed by atoms with E-state index in [1.54, 1.807) is 12.1 Å². The average molecular weight is 332 g/mol. The molecular weight excluding hydrogens is 316 g/mol. The van der Waals surface area contributed by atoms with Gasteiger partial charge in [0.1, 0.15) is 0 Å². The lowest BCUT2D eigenvalue weighted by molar-refractivity contribution is -0.147. The predicted octanol–water partition coefficient (Wildman–Crippen LogP) is 0.486. The summed E-state index contributed by atoms with van der Waals surface area (Å²) in [7, 11) is 0. The minimum absolute atomic E-state index is 0.0225. The molecule has 1 aliphatic rings. The molecule has 0 aromatic heterocycles. The number of hydrogen-bond acceptors (Lipinski definition) is 5. The third-order valence-electron chi connectivity index (χ3n) is 3.81. The van der Waals surface area contributed by atoms with E-state index in [1.807, 2.05) is 0 Å². The molecule has 0 aliphatic carbocycles. The van der Waals surface area contributed by atoms with Gasteiger partial charge in [0.25, 0.3) is 11.8 Å². The summed E-state index contributed by atoms with van der Waals surface area (Å²) in [6.07, 6.45) is 1.41. The first-order chi connectivity index (χ1) is 11.3. The number of carbonyl (C=O) groups excluding carboxylic acids is 2. The number of carbonyl (C=O) groups is 4. The van der Waals surface area contributed by atoms with Gasteiger partial charge in [-0.2, -0.15) is 0 Å². The molecule has 0 unspecified atom stereocenters. The van der Waals surface area contributed by atoms with Crippen LogP contribution in [0.4, 0.5) is 0 Å². The Hall–Kier alpha value is -3.00. The van der Waals surface area contributed by atoms with Gasteiger partial charge in [0, 0.05) is 13.0 Å². The summed E-state index contributed by atoms with van der Waals surface area (Å²) in [5.74, 6) is -4.28. The zero-order valence-corrected chi connectivity index (χ0v) is 12.6. The van der Waals surface area contributed by atoms with Gasteiger partial charge in [-0.3, -0.25) is 19.3 Å². The van der Waals surface area contributed by atoms with Crippen LogP contribution in [0.25, 0.3) is 0 Å². The highest BCUT2D eigenvalue weighted by atomic mass is 16.4. The number of benzene rings is 1. The summed E-state index contributed by atoms with van der Waals surface area (Å²) in [6.45, 7) is -0.0225. The molecule has 2 amide bonds. The van der Waals surface area contributed by atoms with Gasteiger partial charge in [-0.15, -0.1) is 0 Å². The van der Waals surface area contributed by atoms with Gasteiger partial charge in [0.05, 0.1) is 11.1 Å². The minimum atomic E-state index is -2.11. The molecule has 0 fully saturated rings. The van der Waals surface area contributed by atoms with Gasteiger partial charge in [0.15, 0.2) is 5.54 Å². The Morgan fingerprint density at radius 3 is 2.08 bits per heavy atom. The third-order valence-corrected chi connectivity index (χ3v) is 3.81. The van der Waals surface area contributed by atoms with Crippen LogP contribution in [0.3, 0.4) is 0 Å². The number of nitrogens with two attached hydrogens (primary N) is 1. The predicted molar refractivity (Wildman–Crippen MR) is 82.4 cm³/mol. The topological polar surface area (TPSA) is 138 Å². The maximum absolute atomic E-state index is 12.6. The van der Waals surface area contributed by atoms with E-state index < -0.39 is 42.1 Å². The lowest BCUT2D eigenvalue weighted by atomic mass is 9.90. The van der Waals surface area contributed by atoms with Crippen molar-refractivity contribution >= 4 is 23.8 Å². The van der Waals surface area contributed by atoms with E-state index in [0.29, 0.717) is 4.90 Å². The van der Waals surface area contributed by atoms with Crippen molar-refractivity contribution in [3.8, 4) is 0 Å². The Morgan fingerprint density at radius 2 is 1.67 bits per heavy atom. The highest BCUT2D eigenvalue weighted by Crippen LogP contribution is 2.33. The van der Waals surface area contributed by atoms with Crippen molar-refractivity contribution in [3.63, 3.8) is 0 Å². The first-order valence-corrected chi connectivity index (χ1v) is 7.16. The minimum Gasteiger partial charge on any atom is -0.481 e. The molecule has 1 aromatic rings.